The summed E-state index contributed by atoms with van der Waals surface area (Å²) < 4.78 is 5.15. The van der Waals surface area contributed by atoms with Crippen molar-refractivity contribution in [1.29, 1.82) is 0 Å². The van der Waals surface area contributed by atoms with E-state index in [9.17, 15) is 14.9 Å². The second kappa shape index (κ2) is 8.13. The summed E-state index contributed by atoms with van der Waals surface area (Å²) in [5.41, 5.74) is 2.45. The highest BCUT2D eigenvalue weighted by molar-refractivity contribution is 7.10. The number of nitro groups is 1. The number of aromatic amines is 1. The minimum absolute atomic E-state index is 0.0328. The van der Waals surface area contributed by atoms with Crippen molar-refractivity contribution in [3.05, 3.63) is 84.3 Å². The van der Waals surface area contributed by atoms with E-state index in [1.807, 2.05) is 24.3 Å². The smallest absolute Gasteiger partial charge is 0.306 e. The third kappa shape index (κ3) is 4.03. The van der Waals surface area contributed by atoms with Crippen LogP contribution in [0.25, 0.3) is 6.08 Å². The van der Waals surface area contributed by atoms with Crippen molar-refractivity contribution in [1.82, 2.24) is 4.98 Å². The summed E-state index contributed by atoms with van der Waals surface area (Å²) in [6.45, 7) is 0. The lowest BCUT2D eigenvalue weighted by Crippen LogP contribution is -2.03. The molecule has 30 heavy (non-hydrogen) atoms. The molecule has 150 valence electrons. The summed E-state index contributed by atoms with van der Waals surface area (Å²) in [7, 11) is 1.59. The molecule has 0 atom stereocenters. The van der Waals surface area contributed by atoms with E-state index in [2.05, 4.69) is 20.5 Å². The lowest BCUT2D eigenvalue weighted by Gasteiger charge is -2.07. The number of thiazole rings is 1. The number of methoxy groups -OCH3 is 1. The topological polar surface area (TPSA) is 122 Å². The Morgan fingerprint density at radius 3 is 2.77 bits per heavy atom. The summed E-state index contributed by atoms with van der Waals surface area (Å²) in [5.74, 6) is 1.25. The fraction of sp³-hybridized carbons (Fsp3) is 0.0500. The van der Waals surface area contributed by atoms with Crippen LogP contribution in [0.1, 0.15) is 10.4 Å². The molecule has 0 bridgehead atoms. The van der Waals surface area contributed by atoms with Gasteiger partial charge in [-0.25, -0.2) is 0 Å². The van der Waals surface area contributed by atoms with Crippen molar-refractivity contribution < 1.29 is 9.66 Å². The first kappa shape index (κ1) is 19.3. The zero-order valence-corrected chi connectivity index (χ0v) is 16.5. The van der Waals surface area contributed by atoms with Crippen LogP contribution in [0.3, 0.4) is 0 Å². The van der Waals surface area contributed by atoms with Crippen molar-refractivity contribution in [3.8, 4) is 5.75 Å². The van der Waals surface area contributed by atoms with Gasteiger partial charge in [0.2, 0.25) is 0 Å². The molecule has 3 aromatic rings. The van der Waals surface area contributed by atoms with Crippen molar-refractivity contribution in [2.24, 2.45) is 10.2 Å². The zero-order chi connectivity index (χ0) is 21.1. The summed E-state index contributed by atoms with van der Waals surface area (Å²) in [5, 5.41) is 22.3. The number of nitrogens with one attached hydrogen (secondary N) is 2. The van der Waals surface area contributed by atoms with E-state index in [1.165, 1.54) is 12.1 Å². The van der Waals surface area contributed by atoms with E-state index in [0.29, 0.717) is 27.5 Å². The van der Waals surface area contributed by atoms with Crippen LogP contribution in [0.15, 0.2) is 69.1 Å². The molecule has 1 aromatic heterocycles. The average Bonchev–Trinajstić information content (AvgIpc) is 3.35. The first-order valence-electron chi connectivity index (χ1n) is 8.75. The van der Waals surface area contributed by atoms with Crippen LogP contribution in [0, 0.1) is 10.1 Å². The van der Waals surface area contributed by atoms with Crippen LogP contribution >= 0.6 is 11.3 Å². The Bertz CT molecular complexity index is 1250. The Morgan fingerprint density at radius 2 is 2.03 bits per heavy atom. The summed E-state index contributed by atoms with van der Waals surface area (Å²) in [6, 6.07) is 13.5. The number of aromatic nitrogens is 1. The molecule has 0 amide bonds. The van der Waals surface area contributed by atoms with E-state index in [0.717, 1.165) is 22.8 Å². The average molecular weight is 421 g/mol. The minimum atomic E-state index is -0.460. The third-order valence-corrected chi connectivity index (χ3v) is 5.11. The highest BCUT2D eigenvalue weighted by Crippen LogP contribution is 2.26. The van der Waals surface area contributed by atoms with Gasteiger partial charge in [0.25, 0.3) is 5.69 Å². The Balaban J connectivity index is 1.65. The number of nitro benzene ring substituents is 1. The van der Waals surface area contributed by atoms with Crippen molar-refractivity contribution in [2.45, 2.75) is 0 Å². The van der Waals surface area contributed by atoms with Gasteiger partial charge >= 0.3 is 4.87 Å². The number of allylic oxidation sites excluding steroid dienone is 1. The molecule has 0 fully saturated rings. The van der Waals surface area contributed by atoms with E-state index in [-0.39, 0.29) is 10.6 Å². The van der Waals surface area contributed by atoms with Crippen LogP contribution in [0.4, 0.5) is 17.2 Å². The maximum atomic E-state index is 12.0. The molecule has 2 N–H and O–H groups in total. The predicted octanol–water partition coefficient (Wildman–Crippen LogP) is 3.97. The molecule has 0 unspecified atom stereocenters. The Labute approximate surface area is 174 Å². The highest BCUT2D eigenvalue weighted by Gasteiger charge is 2.18. The number of hydrogen-bond donors (Lipinski definition) is 2. The Hall–Kier alpha value is -4.05. The van der Waals surface area contributed by atoms with Gasteiger partial charge in [0.1, 0.15) is 17.3 Å². The van der Waals surface area contributed by atoms with Crippen LogP contribution in [0.2, 0.25) is 0 Å². The summed E-state index contributed by atoms with van der Waals surface area (Å²) >= 11 is 1.03. The van der Waals surface area contributed by atoms with Gasteiger partial charge in [-0.1, -0.05) is 23.5 Å². The molecule has 2 aromatic carbocycles. The maximum Gasteiger partial charge on any atom is 0.306 e. The van der Waals surface area contributed by atoms with E-state index in [1.54, 1.807) is 31.5 Å². The number of non-ortho nitro benzene ring substituents is 1. The van der Waals surface area contributed by atoms with Gasteiger partial charge in [-0.15, -0.1) is 5.10 Å². The summed E-state index contributed by atoms with van der Waals surface area (Å²) in [6.07, 6.45) is 3.32. The number of hydrogen-bond acceptors (Lipinski definition) is 8. The lowest BCUT2D eigenvalue weighted by molar-refractivity contribution is -0.384. The van der Waals surface area contributed by atoms with Gasteiger partial charge in [0.15, 0.2) is 0 Å². The first-order chi connectivity index (χ1) is 14.5. The molecule has 1 aliphatic rings. The van der Waals surface area contributed by atoms with Gasteiger partial charge in [-0.2, -0.15) is 5.10 Å². The zero-order valence-electron chi connectivity index (χ0n) is 15.7. The molecule has 9 nitrogen and oxygen atoms in total. The number of ether oxygens (including phenoxy) is 1. The molecule has 0 aliphatic carbocycles. The van der Waals surface area contributed by atoms with Gasteiger partial charge in [0, 0.05) is 29.0 Å². The molecular weight excluding hydrogens is 406 g/mol. The Morgan fingerprint density at radius 1 is 1.23 bits per heavy atom. The fourth-order valence-corrected chi connectivity index (χ4v) is 3.60. The van der Waals surface area contributed by atoms with Crippen molar-refractivity contribution >= 4 is 46.5 Å². The Kier molecular flexibility index (Phi) is 5.22. The molecule has 0 saturated heterocycles. The molecule has 0 spiro atoms. The molecule has 4 rings (SSSR count). The molecule has 1 aliphatic heterocycles. The number of anilines is 2. The van der Waals surface area contributed by atoms with Crippen LogP contribution in [-0.4, -0.2) is 28.9 Å². The van der Waals surface area contributed by atoms with E-state index >= 15 is 0 Å². The largest absolute Gasteiger partial charge is 0.497 e. The van der Waals surface area contributed by atoms with Gasteiger partial charge in [-0.3, -0.25) is 19.9 Å². The number of benzene rings is 2. The molecular formula is C20H15N5O4S. The standard InChI is InChI=1S/C20H15N5O4S/c1-29-16-7-5-14(6-8-16)22-19-17(30-20(26)23-19)10-13-11-21-24-18(13)12-3-2-4-15(9-12)25(27)28/h2-11,22H,1H3,(H,23,26)/b13-10+. The maximum absolute atomic E-state index is 12.0. The van der Waals surface area contributed by atoms with Crippen molar-refractivity contribution in [2.75, 3.05) is 12.4 Å². The quantitative estimate of drug-likeness (QED) is 0.461. The van der Waals surface area contributed by atoms with Crippen LogP contribution in [0.5, 0.6) is 5.75 Å². The predicted molar refractivity (Wildman–Crippen MR) is 117 cm³/mol. The lowest BCUT2D eigenvalue weighted by atomic mass is 10.0. The van der Waals surface area contributed by atoms with E-state index in [4.69, 9.17) is 4.74 Å². The van der Waals surface area contributed by atoms with Gasteiger partial charge < -0.3 is 10.1 Å². The molecule has 0 saturated carbocycles. The van der Waals surface area contributed by atoms with E-state index < -0.39 is 4.92 Å². The summed E-state index contributed by atoms with van der Waals surface area (Å²) in [4.78, 5) is 25.8. The van der Waals surface area contributed by atoms with Crippen LogP contribution in [-0.2, 0) is 0 Å². The van der Waals surface area contributed by atoms with Gasteiger partial charge in [-0.05, 0) is 30.3 Å². The van der Waals surface area contributed by atoms with Crippen molar-refractivity contribution in [3.63, 3.8) is 0 Å². The number of rotatable bonds is 6. The monoisotopic (exact) mass is 421 g/mol. The second-order valence-electron chi connectivity index (χ2n) is 6.21. The second-order valence-corrected chi connectivity index (χ2v) is 7.22. The van der Waals surface area contributed by atoms with Crippen LogP contribution < -0.4 is 14.9 Å². The normalized spacial score (nSPS) is 14.0. The highest BCUT2D eigenvalue weighted by atomic mass is 32.1. The molecule has 2 heterocycles. The third-order valence-electron chi connectivity index (χ3n) is 4.28. The SMILES string of the molecule is COc1ccc(Nc2[nH]c(=O)sc2/C=C2\C=NN=C2c2cccc([N+](=O)[O-])c2)cc1. The first-order valence-corrected chi connectivity index (χ1v) is 9.57. The number of nitrogens with zero attached hydrogens (tertiary/aromatic N) is 3. The fourth-order valence-electron chi connectivity index (χ4n) is 2.86. The molecule has 10 heteroatoms. The number of H-pyrrole nitrogens is 1. The molecule has 0 radical (unpaired) electrons. The minimum Gasteiger partial charge on any atom is -0.497 e. The van der Waals surface area contributed by atoms with Gasteiger partial charge in [0.05, 0.1) is 23.1 Å².